The van der Waals surface area contributed by atoms with E-state index in [0.717, 1.165) is 6.54 Å². The van der Waals surface area contributed by atoms with Crippen molar-refractivity contribution < 1.29 is 14.3 Å². The maximum atomic E-state index is 12.3. The number of rotatable bonds is 9. The lowest BCUT2D eigenvalue weighted by molar-refractivity contribution is -0.117. The number of benzene rings is 2. The van der Waals surface area contributed by atoms with Gasteiger partial charge in [-0.2, -0.15) is 0 Å². The van der Waals surface area contributed by atoms with Gasteiger partial charge in [-0.05, 0) is 36.9 Å². The summed E-state index contributed by atoms with van der Waals surface area (Å²) in [6.07, 6.45) is 0. The van der Waals surface area contributed by atoms with Crippen LogP contribution in [0, 0.1) is 0 Å². The molecule has 0 bridgehead atoms. The van der Waals surface area contributed by atoms with Crippen LogP contribution in [0.25, 0.3) is 0 Å². The molecular formula is C19H22Cl2N2O3. The van der Waals surface area contributed by atoms with Gasteiger partial charge in [0.1, 0.15) is 18.1 Å². The Morgan fingerprint density at radius 1 is 1.15 bits per heavy atom. The summed E-state index contributed by atoms with van der Waals surface area (Å²) in [4.78, 5) is 14.3. The number of ether oxygens (including phenoxy) is 2. The van der Waals surface area contributed by atoms with Crippen LogP contribution in [0.1, 0.15) is 6.92 Å². The number of hydrogen-bond donors (Lipinski definition) is 1. The molecule has 0 unspecified atom stereocenters. The zero-order valence-electron chi connectivity index (χ0n) is 14.8. The number of para-hydroxylation sites is 2. The van der Waals surface area contributed by atoms with Crippen molar-refractivity contribution in [2.45, 2.75) is 6.92 Å². The Hall–Kier alpha value is -1.95. The van der Waals surface area contributed by atoms with Gasteiger partial charge in [0, 0.05) is 11.6 Å². The first kappa shape index (κ1) is 20.4. The molecule has 0 heterocycles. The topological polar surface area (TPSA) is 50.8 Å². The molecule has 2 aromatic carbocycles. The molecule has 1 amide bonds. The van der Waals surface area contributed by atoms with E-state index in [2.05, 4.69) is 5.32 Å². The van der Waals surface area contributed by atoms with Crippen LogP contribution in [0.2, 0.25) is 10.0 Å². The van der Waals surface area contributed by atoms with Crippen molar-refractivity contribution in [1.29, 1.82) is 0 Å². The van der Waals surface area contributed by atoms with Gasteiger partial charge in [-0.1, -0.05) is 42.3 Å². The molecule has 2 aromatic rings. The second-order valence-corrected chi connectivity index (χ2v) is 6.38. The predicted octanol–water partition coefficient (Wildman–Crippen LogP) is 4.34. The molecule has 0 saturated heterocycles. The normalized spacial score (nSPS) is 10.7. The molecule has 26 heavy (non-hydrogen) atoms. The Balaban J connectivity index is 1.83. The summed E-state index contributed by atoms with van der Waals surface area (Å²) < 4.78 is 10.9. The van der Waals surface area contributed by atoms with Crippen molar-refractivity contribution in [3.8, 4) is 11.5 Å². The van der Waals surface area contributed by atoms with E-state index in [0.29, 0.717) is 40.4 Å². The standard InChI is InChI=1S/C19H22Cl2N2O3/c1-3-23(10-11-26-17-9-8-14(20)12-15(17)21)13-19(24)22-16-6-4-5-7-18(16)25-2/h4-9,12H,3,10-11,13H2,1-2H3,(H,22,24). The van der Waals surface area contributed by atoms with E-state index in [-0.39, 0.29) is 12.5 Å². The smallest absolute Gasteiger partial charge is 0.238 e. The molecular weight excluding hydrogens is 375 g/mol. The summed E-state index contributed by atoms with van der Waals surface area (Å²) in [6.45, 7) is 3.97. The minimum absolute atomic E-state index is 0.110. The van der Waals surface area contributed by atoms with E-state index in [1.54, 1.807) is 37.4 Å². The van der Waals surface area contributed by atoms with Crippen molar-refractivity contribution in [1.82, 2.24) is 4.90 Å². The van der Waals surface area contributed by atoms with E-state index in [1.165, 1.54) is 0 Å². The van der Waals surface area contributed by atoms with Crippen LogP contribution in [-0.2, 0) is 4.79 Å². The van der Waals surface area contributed by atoms with E-state index < -0.39 is 0 Å². The summed E-state index contributed by atoms with van der Waals surface area (Å²) in [6, 6.07) is 12.4. The predicted molar refractivity (Wildman–Crippen MR) is 106 cm³/mol. The average molecular weight is 397 g/mol. The third-order valence-corrected chi connectivity index (χ3v) is 4.28. The fraction of sp³-hybridized carbons (Fsp3) is 0.316. The summed E-state index contributed by atoms with van der Waals surface area (Å²) >= 11 is 12.0. The molecule has 2 rings (SSSR count). The molecule has 0 aliphatic rings. The fourth-order valence-electron chi connectivity index (χ4n) is 2.37. The number of hydrogen-bond acceptors (Lipinski definition) is 4. The molecule has 0 atom stereocenters. The van der Waals surface area contributed by atoms with Crippen molar-refractivity contribution in [3.05, 3.63) is 52.5 Å². The third kappa shape index (κ3) is 6.09. The second-order valence-electron chi connectivity index (χ2n) is 5.54. The maximum absolute atomic E-state index is 12.3. The lowest BCUT2D eigenvalue weighted by Crippen LogP contribution is -2.36. The molecule has 0 fully saturated rings. The lowest BCUT2D eigenvalue weighted by Gasteiger charge is -2.20. The van der Waals surface area contributed by atoms with Gasteiger partial charge in [0.15, 0.2) is 0 Å². The Bertz CT molecular complexity index is 740. The van der Waals surface area contributed by atoms with Gasteiger partial charge < -0.3 is 14.8 Å². The van der Waals surface area contributed by atoms with Gasteiger partial charge >= 0.3 is 0 Å². The fourth-order valence-corrected chi connectivity index (χ4v) is 2.83. The van der Waals surface area contributed by atoms with E-state index in [4.69, 9.17) is 32.7 Å². The van der Waals surface area contributed by atoms with Crippen LogP contribution in [-0.4, -0.2) is 44.2 Å². The van der Waals surface area contributed by atoms with Crippen LogP contribution in [0.3, 0.4) is 0 Å². The molecule has 0 spiro atoms. The number of likely N-dealkylation sites (N-methyl/N-ethyl adjacent to an activating group) is 1. The van der Waals surface area contributed by atoms with E-state index in [1.807, 2.05) is 24.0 Å². The Labute approximate surface area is 163 Å². The van der Waals surface area contributed by atoms with Gasteiger partial charge in [0.05, 0.1) is 24.4 Å². The number of nitrogens with one attached hydrogen (secondary N) is 1. The molecule has 140 valence electrons. The quantitative estimate of drug-likeness (QED) is 0.684. The van der Waals surface area contributed by atoms with Gasteiger partial charge in [-0.3, -0.25) is 9.69 Å². The largest absolute Gasteiger partial charge is 0.495 e. The first-order valence-electron chi connectivity index (χ1n) is 8.26. The average Bonchev–Trinajstić information content (AvgIpc) is 2.63. The number of methoxy groups -OCH3 is 1. The van der Waals surface area contributed by atoms with Crippen LogP contribution in [0.4, 0.5) is 5.69 Å². The second kappa shape index (κ2) is 10.3. The highest BCUT2D eigenvalue weighted by atomic mass is 35.5. The lowest BCUT2D eigenvalue weighted by atomic mass is 10.3. The number of carbonyl (C=O) groups is 1. The number of anilines is 1. The molecule has 0 aromatic heterocycles. The van der Waals surface area contributed by atoms with Crippen LogP contribution < -0.4 is 14.8 Å². The summed E-state index contributed by atoms with van der Waals surface area (Å²) in [5.74, 6) is 1.09. The number of amides is 1. The van der Waals surface area contributed by atoms with Gasteiger partial charge in [0.25, 0.3) is 0 Å². The highest BCUT2D eigenvalue weighted by molar-refractivity contribution is 6.35. The Kier molecular flexibility index (Phi) is 8.04. The summed E-state index contributed by atoms with van der Waals surface area (Å²) in [5, 5.41) is 3.90. The Morgan fingerprint density at radius 2 is 1.92 bits per heavy atom. The van der Waals surface area contributed by atoms with Gasteiger partial charge in [0.2, 0.25) is 5.91 Å². The van der Waals surface area contributed by atoms with Crippen LogP contribution in [0.5, 0.6) is 11.5 Å². The molecule has 0 aliphatic carbocycles. The number of carbonyl (C=O) groups excluding carboxylic acids is 1. The maximum Gasteiger partial charge on any atom is 0.238 e. The van der Waals surface area contributed by atoms with Crippen molar-refractivity contribution >= 4 is 34.8 Å². The summed E-state index contributed by atoms with van der Waals surface area (Å²) in [5.41, 5.74) is 0.653. The molecule has 0 saturated carbocycles. The monoisotopic (exact) mass is 396 g/mol. The number of nitrogens with zero attached hydrogens (tertiary/aromatic N) is 1. The van der Waals surface area contributed by atoms with Crippen molar-refractivity contribution in [3.63, 3.8) is 0 Å². The zero-order chi connectivity index (χ0) is 18.9. The van der Waals surface area contributed by atoms with Crippen molar-refractivity contribution in [2.24, 2.45) is 0 Å². The molecule has 1 N–H and O–H groups in total. The molecule has 5 nitrogen and oxygen atoms in total. The first-order valence-corrected chi connectivity index (χ1v) is 9.02. The highest BCUT2D eigenvalue weighted by Crippen LogP contribution is 2.27. The van der Waals surface area contributed by atoms with E-state index >= 15 is 0 Å². The van der Waals surface area contributed by atoms with E-state index in [9.17, 15) is 4.79 Å². The Morgan fingerprint density at radius 3 is 2.62 bits per heavy atom. The van der Waals surface area contributed by atoms with Crippen molar-refractivity contribution in [2.75, 3.05) is 38.7 Å². The zero-order valence-corrected chi connectivity index (χ0v) is 16.3. The highest BCUT2D eigenvalue weighted by Gasteiger charge is 2.12. The molecule has 7 heteroatoms. The van der Waals surface area contributed by atoms with Crippen LogP contribution in [0.15, 0.2) is 42.5 Å². The van der Waals surface area contributed by atoms with Gasteiger partial charge in [-0.15, -0.1) is 0 Å². The summed E-state index contributed by atoms with van der Waals surface area (Å²) in [7, 11) is 1.57. The minimum Gasteiger partial charge on any atom is -0.495 e. The van der Waals surface area contributed by atoms with Crippen LogP contribution >= 0.6 is 23.2 Å². The molecule has 0 aliphatic heterocycles. The van der Waals surface area contributed by atoms with Gasteiger partial charge in [-0.25, -0.2) is 0 Å². The minimum atomic E-state index is -0.110. The third-order valence-electron chi connectivity index (χ3n) is 3.75. The SMILES string of the molecule is CCN(CCOc1ccc(Cl)cc1Cl)CC(=O)Nc1ccccc1OC. The first-order chi connectivity index (χ1) is 12.5. The molecule has 0 radical (unpaired) electrons. The number of halogens is 2.